The van der Waals surface area contributed by atoms with Crippen LogP contribution in [-0.2, 0) is 37.1 Å². The Balaban J connectivity index is 1.54. The highest BCUT2D eigenvalue weighted by atomic mass is 16.5. The Morgan fingerprint density at radius 3 is 1.97 bits per heavy atom. The highest BCUT2D eigenvalue weighted by molar-refractivity contribution is 5.85. The number of nitrogen functional groups attached to an aromatic ring is 1. The van der Waals surface area contributed by atoms with Gasteiger partial charge in [-0.25, -0.2) is 4.79 Å². The number of carbonyl (C=O) groups is 3. The molecule has 0 saturated carbocycles. The van der Waals surface area contributed by atoms with Crippen LogP contribution in [0.4, 0.5) is 5.69 Å². The Bertz CT molecular complexity index is 1100. The van der Waals surface area contributed by atoms with Gasteiger partial charge in [-0.15, -0.1) is 0 Å². The number of amides is 1. The minimum atomic E-state index is -1.05. The van der Waals surface area contributed by atoms with Crippen molar-refractivity contribution in [1.82, 2.24) is 5.32 Å². The van der Waals surface area contributed by atoms with Crippen LogP contribution >= 0.6 is 0 Å². The highest BCUT2D eigenvalue weighted by Crippen LogP contribution is 2.19. The predicted molar refractivity (Wildman–Crippen MR) is 130 cm³/mol. The fourth-order valence-electron chi connectivity index (χ4n) is 3.14. The number of carbonyl (C=O) groups excluding carboxylic acids is 3. The summed E-state index contributed by atoms with van der Waals surface area (Å²) in [5.41, 5.74) is 7.86. The minimum absolute atomic E-state index is 0.0143. The molecule has 8 nitrogen and oxygen atoms in total. The molecule has 8 heteroatoms. The van der Waals surface area contributed by atoms with Crippen LogP contribution in [0, 0.1) is 0 Å². The summed E-state index contributed by atoms with van der Waals surface area (Å²) in [7, 11) is 0. The zero-order valence-corrected chi connectivity index (χ0v) is 19.2. The second kappa shape index (κ2) is 13.4. The first-order valence-corrected chi connectivity index (χ1v) is 11.2. The molecular weight excluding hydrogens is 448 g/mol. The number of para-hydroxylation sites is 2. The molecule has 0 unspecified atom stereocenters. The number of hydrogen-bond donors (Lipinski definition) is 2. The van der Waals surface area contributed by atoms with Crippen LogP contribution in [0.1, 0.15) is 24.0 Å². The fourth-order valence-corrected chi connectivity index (χ4v) is 3.14. The van der Waals surface area contributed by atoms with E-state index in [1.807, 2.05) is 60.7 Å². The van der Waals surface area contributed by atoms with Crippen LogP contribution in [-0.4, -0.2) is 30.5 Å². The molecule has 3 aromatic carbocycles. The molecule has 3 rings (SSSR count). The standard InChI is InChI=1S/C27H28N2O6/c28-22-13-7-8-14-24(22)33-19-25(30)29-23(27(32)35-18-21-11-5-2-6-12-21)15-16-26(31)34-17-20-9-3-1-4-10-20/h1-14,23H,15-19,28H2,(H,29,30)/t23-/m0/s1. The van der Waals surface area contributed by atoms with E-state index in [9.17, 15) is 14.4 Å². The first-order valence-electron chi connectivity index (χ1n) is 11.2. The van der Waals surface area contributed by atoms with Crippen LogP contribution in [0.3, 0.4) is 0 Å². The van der Waals surface area contributed by atoms with Gasteiger partial charge in [-0.3, -0.25) is 9.59 Å². The lowest BCUT2D eigenvalue weighted by Gasteiger charge is -2.18. The maximum Gasteiger partial charge on any atom is 0.328 e. The lowest BCUT2D eigenvalue weighted by molar-refractivity contribution is -0.150. The zero-order valence-electron chi connectivity index (χ0n) is 19.2. The van der Waals surface area contributed by atoms with Crippen LogP contribution in [0.5, 0.6) is 5.75 Å². The summed E-state index contributed by atoms with van der Waals surface area (Å²) in [5.74, 6) is -1.34. The van der Waals surface area contributed by atoms with Crippen molar-refractivity contribution in [3.8, 4) is 5.75 Å². The average molecular weight is 477 g/mol. The van der Waals surface area contributed by atoms with Crippen molar-refractivity contribution in [2.24, 2.45) is 0 Å². The van der Waals surface area contributed by atoms with Gasteiger partial charge in [-0.1, -0.05) is 72.8 Å². The lowest BCUT2D eigenvalue weighted by Crippen LogP contribution is -2.44. The van der Waals surface area contributed by atoms with Gasteiger partial charge < -0.3 is 25.3 Å². The summed E-state index contributed by atoms with van der Waals surface area (Å²) in [6.45, 7) is -0.182. The number of rotatable bonds is 12. The highest BCUT2D eigenvalue weighted by Gasteiger charge is 2.24. The molecule has 1 atom stereocenters. The smallest absolute Gasteiger partial charge is 0.328 e. The Morgan fingerprint density at radius 1 is 0.771 bits per heavy atom. The summed E-state index contributed by atoms with van der Waals surface area (Å²) in [5, 5.41) is 2.58. The fraction of sp³-hybridized carbons (Fsp3) is 0.222. The monoisotopic (exact) mass is 476 g/mol. The van der Waals surface area contributed by atoms with Crippen LogP contribution in [0.15, 0.2) is 84.9 Å². The van der Waals surface area contributed by atoms with Crippen molar-refractivity contribution >= 4 is 23.5 Å². The van der Waals surface area contributed by atoms with Gasteiger partial charge >= 0.3 is 11.9 Å². The molecule has 0 saturated heterocycles. The Morgan fingerprint density at radius 2 is 1.34 bits per heavy atom. The van der Waals surface area contributed by atoms with Crippen LogP contribution < -0.4 is 15.8 Å². The second-order valence-corrected chi connectivity index (χ2v) is 7.72. The molecule has 3 aromatic rings. The van der Waals surface area contributed by atoms with Crippen molar-refractivity contribution in [2.75, 3.05) is 12.3 Å². The van der Waals surface area contributed by atoms with Gasteiger partial charge in [-0.2, -0.15) is 0 Å². The van der Waals surface area contributed by atoms with Gasteiger partial charge in [0, 0.05) is 6.42 Å². The maximum absolute atomic E-state index is 12.7. The van der Waals surface area contributed by atoms with Crippen molar-refractivity contribution in [1.29, 1.82) is 0 Å². The molecule has 0 aromatic heterocycles. The maximum atomic E-state index is 12.7. The Labute approximate surface area is 204 Å². The van der Waals surface area contributed by atoms with Gasteiger partial charge in [0.25, 0.3) is 5.91 Å². The van der Waals surface area contributed by atoms with Gasteiger partial charge in [0.2, 0.25) is 0 Å². The summed E-state index contributed by atoms with van der Waals surface area (Å²) in [6.07, 6.45) is -0.0643. The minimum Gasteiger partial charge on any atom is -0.482 e. The number of nitrogens with one attached hydrogen (secondary N) is 1. The summed E-state index contributed by atoms with van der Waals surface area (Å²) in [4.78, 5) is 37.4. The quantitative estimate of drug-likeness (QED) is 0.304. The van der Waals surface area contributed by atoms with E-state index >= 15 is 0 Å². The normalized spacial score (nSPS) is 11.2. The Hall–Kier alpha value is -4.33. The molecule has 0 radical (unpaired) electrons. The van der Waals surface area contributed by atoms with Crippen LogP contribution in [0.25, 0.3) is 0 Å². The Kier molecular flexibility index (Phi) is 9.68. The van der Waals surface area contributed by atoms with E-state index in [1.165, 1.54) is 0 Å². The zero-order chi connectivity index (χ0) is 24.9. The number of nitrogens with two attached hydrogens (primary N) is 1. The number of hydrogen-bond acceptors (Lipinski definition) is 7. The van der Waals surface area contributed by atoms with E-state index in [2.05, 4.69) is 5.32 Å². The van der Waals surface area contributed by atoms with E-state index in [1.54, 1.807) is 24.3 Å². The third-order valence-corrected chi connectivity index (χ3v) is 5.00. The van der Waals surface area contributed by atoms with Gasteiger partial charge in [0.15, 0.2) is 6.61 Å². The first kappa shape index (κ1) is 25.3. The van der Waals surface area contributed by atoms with Crippen molar-refractivity contribution in [2.45, 2.75) is 32.1 Å². The molecule has 0 bridgehead atoms. The van der Waals surface area contributed by atoms with E-state index in [0.29, 0.717) is 11.4 Å². The van der Waals surface area contributed by atoms with Gasteiger partial charge in [-0.05, 0) is 29.7 Å². The summed E-state index contributed by atoms with van der Waals surface area (Å²) in [6, 6.07) is 24.1. The molecule has 0 heterocycles. The molecule has 0 spiro atoms. The predicted octanol–water partition coefficient (Wildman–Crippen LogP) is 3.40. The van der Waals surface area contributed by atoms with Crippen molar-refractivity contribution in [3.63, 3.8) is 0 Å². The average Bonchev–Trinajstić information content (AvgIpc) is 2.89. The molecule has 182 valence electrons. The van der Waals surface area contributed by atoms with E-state index in [0.717, 1.165) is 11.1 Å². The second-order valence-electron chi connectivity index (χ2n) is 7.72. The van der Waals surface area contributed by atoms with Crippen LogP contribution in [0.2, 0.25) is 0 Å². The summed E-state index contributed by atoms with van der Waals surface area (Å²) < 4.78 is 16.1. The third-order valence-electron chi connectivity index (χ3n) is 5.00. The molecule has 0 fully saturated rings. The SMILES string of the molecule is Nc1ccccc1OCC(=O)N[C@@H](CCC(=O)OCc1ccccc1)C(=O)OCc1ccccc1. The molecule has 35 heavy (non-hydrogen) atoms. The van der Waals surface area contributed by atoms with Gasteiger partial charge in [0.1, 0.15) is 25.0 Å². The number of ether oxygens (including phenoxy) is 3. The first-order chi connectivity index (χ1) is 17.0. The number of benzene rings is 3. The molecule has 3 N–H and O–H groups in total. The molecular formula is C27H28N2O6. The van der Waals surface area contributed by atoms with E-state index < -0.39 is 23.9 Å². The topological polar surface area (TPSA) is 117 Å². The van der Waals surface area contributed by atoms with E-state index in [-0.39, 0.29) is 32.7 Å². The molecule has 1 amide bonds. The molecule has 0 aliphatic carbocycles. The lowest BCUT2D eigenvalue weighted by atomic mass is 10.1. The number of esters is 2. The van der Waals surface area contributed by atoms with Crippen molar-refractivity contribution < 1.29 is 28.6 Å². The molecule has 0 aliphatic heterocycles. The van der Waals surface area contributed by atoms with Crippen molar-refractivity contribution in [3.05, 3.63) is 96.1 Å². The third kappa shape index (κ3) is 8.85. The number of anilines is 1. The van der Waals surface area contributed by atoms with Gasteiger partial charge in [0.05, 0.1) is 5.69 Å². The largest absolute Gasteiger partial charge is 0.482 e. The molecule has 0 aliphatic rings. The van der Waals surface area contributed by atoms with E-state index in [4.69, 9.17) is 19.9 Å². The summed E-state index contributed by atoms with van der Waals surface area (Å²) >= 11 is 0.